The number of pyridine rings is 1. The highest BCUT2D eigenvalue weighted by atomic mass is 16.5. The Morgan fingerprint density at radius 2 is 1.48 bits per heavy atom. The molecule has 3 unspecified atom stereocenters. The van der Waals surface area contributed by atoms with Crippen molar-refractivity contribution in [1.82, 2.24) is 20.9 Å². The van der Waals surface area contributed by atoms with Crippen molar-refractivity contribution in [2.75, 3.05) is 64.7 Å². The zero-order valence-corrected chi connectivity index (χ0v) is 37.5. The van der Waals surface area contributed by atoms with Crippen molar-refractivity contribution < 1.29 is 33.6 Å². The quantitative estimate of drug-likeness (QED) is 0.0445. The van der Waals surface area contributed by atoms with Gasteiger partial charge in [0.25, 0.3) is 5.91 Å². The van der Waals surface area contributed by atoms with Crippen LogP contribution >= 0.6 is 0 Å². The molecule has 2 aliphatic rings. The Bertz CT molecular complexity index is 1770. The lowest BCUT2D eigenvalue weighted by molar-refractivity contribution is -0.137. The summed E-state index contributed by atoms with van der Waals surface area (Å²) >= 11 is 0. The number of carboxylic acids is 1. The van der Waals surface area contributed by atoms with Crippen molar-refractivity contribution in [3.8, 4) is 5.75 Å². The number of ether oxygens (including phenoxy) is 4. The summed E-state index contributed by atoms with van der Waals surface area (Å²) in [5.74, 6) is 1.00. The van der Waals surface area contributed by atoms with Crippen LogP contribution in [0.2, 0.25) is 0 Å². The molecule has 3 heterocycles. The lowest BCUT2D eigenvalue weighted by atomic mass is 9.81. The molecule has 2 aliphatic heterocycles. The fraction of sp³-hybridized carbons (Fsp3) is 0.580. The number of allylic oxidation sites excluding steroid dienone is 1. The largest absolute Gasteiger partial charge is 0.494 e. The maximum absolute atomic E-state index is 13.6. The molecular formula is C50H73N5O7. The minimum Gasteiger partial charge on any atom is -0.494 e. The van der Waals surface area contributed by atoms with Crippen LogP contribution in [0, 0.1) is 11.8 Å². The second-order valence-electron chi connectivity index (χ2n) is 16.9. The first-order chi connectivity index (χ1) is 30.3. The van der Waals surface area contributed by atoms with Gasteiger partial charge in [-0.3, -0.25) is 14.6 Å². The van der Waals surface area contributed by atoms with Gasteiger partial charge in [-0.1, -0.05) is 57.4 Å². The molecule has 1 saturated heterocycles. The highest BCUT2D eigenvalue weighted by molar-refractivity contribution is 5.95. The number of hydrogen-bond acceptors (Lipinski definition) is 10. The molecule has 1 fully saturated rings. The molecule has 0 saturated carbocycles. The molecule has 12 nitrogen and oxygen atoms in total. The number of anilines is 1. The van der Waals surface area contributed by atoms with E-state index in [1.54, 1.807) is 0 Å². The molecule has 1 amide bonds. The van der Waals surface area contributed by atoms with Crippen molar-refractivity contribution in [2.45, 2.75) is 115 Å². The Morgan fingerprint density at radius 3 is 2.15 bits per heavy atom. The fourth-order valence-corrected chi connectivity index (χ4v) is 8.61. The van der Waals surface area contributed by atoms with Gasteiger partial charge in [-0.25, -0.2) is 0 Å². The van der Waals surface area contributed by atoms with Gasteiger partial charge in [0, 0.05) is 49.0 Å². The number of unbranched alkanes of at least 4 members (excludes halogenated alkanes) is 5. The van der Waals surface area contributed by atoms with E-state index in [0.29, 0.717) is 63.5 Å². The van der Waals surface area contributed by atoms with Crippen molar-refractivity contribution >= 4 is 17.6 Å². The van der Waals surface area contributed by atoms with Crippen LogP contribution in [0.15, 0.2) is 84.8 Å². The molecule has 62 heavy (non-hydrogen) atoms. The molecule has 0 radical (unpaired) electrons. The number of aliphatic carboxylic acids is 1. The van der Waals surface area contributed by atoms with Gasteiger partial charge < -0.3 is 45.3 Å². The first-order valence-electron chi connectivity index (χ1n) is 23.2. The summed E-state index contributed by atoms with van der Waals surface area (Å²) in [6, 6.07) is 20.2. The highest BCUT2D eigenvalue weighted by Gasteiger charge is 2.40. The monoisotopic (exact) mass is 856 g/mol. The molecule has 5 rings (SSSR count). The third kappa shape index (κ3) is 16.0. The summed E-state index contributed by atoms with van der Waals surface area (Å²) in [5.41, 5.74) is 4.82. The number of carboxylic acid groups (broad SMARTS) is 1. The predicted octanol–water partition coefficient (Wildman–Crippen LogP) is 9.02. The summed E-state index contributed by atoms with van der Waals surface area (Å²) in [6.45, 7) is 12.7. The standard InChI is InChI=1S/C50H73N5O7/c1-4-45-38(2)16-21-46(54-48(45)41-22-26-51-27-23-41)50(24-28-52-29-25-50)55-43-14-12-13-42(37-43)49(58)53-39(3)40-17-19-44(20-18-40)62-32-11-6-5-9-30-59-33-35-61-36-34-60-31-10-7-8-15-47(56)57/h12-14,17-23,26-27,37-39,45,48,52,54-55H,4-11,15-16,24-25,28-36H2,1-3H3,(H,53,58)(H,56,57)/t38?,39-,45?,48?/m1/s1. The Kier molecular flexibility index (Phi) is 21.0. The second-order valence-corrected chi connectivity index (χ2v) is 16.9. The molecule has 5 N–H and O–H groups in total. The molecule has 4 atom stereocenters. The molecule has 2 aromatic carbocycles. The maximum atomic E-state index is 13.6. The lowest BCUT2D eigenvalue weighted by Gasteiger charge is -2.43. The van der Waals surface area contributed by atoms with E-state index < -0.39 is 5.97 Å². The van der Waals surface area contributed by atoms with Crippen LogP contribution in [0.4, 0.5) is 5.69 Å². The van der Waals surface area contributed by atoms with Crippen LogP contribution in [-0.4, -0.2) is 86.8 Å². The average Bonchev–Trinajstić information content (AvgIpc) is 3.46. The Balaban J connectivity index is 0.992. The third-order valence-corrected chi connectivity index (χ3v) is 12.3. The summed E-state index contributed by atoms with van der Waals surface area (Å²) < 4.78 is 22.8. The van der Waals surface area contributed by atoms with Gasteiger partial charge in [0.15, 0.2) is 0 Å². The number of nitrogens with zero attached hydrogens (tertiary/aromatic N) is 1. The number of hydrogen-bond donors (Lipinski definition) is 5. The normalized spacial score (nSPS) is 19.1. The Labute approximate surface area is 370 Å². The molecule has 0 spiro atoms. The van der Waals surface area contributed by atoms with Gasteiger partial charge in [0.1, 0.15) is 5.75 Å². The topological polar surface area (TPSA) is 152 Å². The van der Waals surface area contributed by atoms with Gasteiger partial charge in [0.05, 0.1) is 50.7 Å². The minimum atomic E-state index is -0.743. The van der Waals surface area contributed by atoms with E-state index in [9.17, 15) is 9.59 Å². The Morgan fingerprint density at radius 1 is 0.839 bits per heavy atom. The molecular weight excluding hydrogens is 783 g/mol. The third-order valence-electron chi connectivity index (χ3n) is 12.3. The van der Waals surface area contributed by atoms with Crippen molar-refractivity contribution in [3.05, 3.63) is 102 Å². The minimum absolute atomic E-state index is 0.107. The number of benzene rings is 2. The first-order valence-corrected chi connectivity index (χ1v) is 23.2. The molecule has 12 heteroatoms. The molecule has 0 bridgehead atoms. The van der Waals surface area contributed by atoms with Gasteiger partial charge in [-0.2, -0.15) is 0 Å². The average molecular weight is 856 g/mol. The van der Waals surface area contributed by atoms with E-state index in [0.717, 1.165) is 101 Å². The van der Waals surface area contributed by atoms with Gasteiger partial charge in [0.2, 0.25) is 0 Å². The SMILES string of the molecule is CCC1C(C)CC=C(C2(Nc3cccc(C(=O)N[C@H](C)c4ccc(OCCCCCCOCCOCCOCCCCCC(=O)O)cc4)c3)CCNCC2)NC1c1ccncc1. The number of piperidine rings is 1. The number of carbonyl (C=O) groups is 2. The van der Waals surface area contributed by atoms with Crippen molar-refractivity contribution in [1.29, 1.82) is 0 Å². The summed E-state index contributed by atoms with van der Waals surface area (Å²) in [6.07, 6.45) is 17.0. The first kappa shape index (κ1) is 48.5. The summed E-state index contributed by atoms with van der Waals surface area (Å²) in [7, 11) is 0. The van der Waals surface area contributed by atoms with Crippen LogP contribution in [0.25, 0.3) is 0 Å². The van der Waals surface area contributed by atoms with Crippen molar-refractivity contribution in [2.24, 2.45) is 11.8 Å². The fourth-order valence-electron chi connectivity index (χ4n) is 8.61. The smallest absolute Gasteiger partial charge is 0.303 e. The highest BCUT2D eigenvalue weighted by Crippen LogP contribution is 2.40. The van der Waals surface area contributed by atoms with Gasteiger partial charge in [-0.15, -0.1) is 0 Å². The molecule has 340 valence electrons. The number of nitrogens with one attached hydrogen (secondary N) is 4. The van der Waals surface area contributed by atoms with E-state index in [-0.39, 0.29) is 30.0 Å². The van der Waals surface area contributed by atoms with Gasteiger partial charge >= 0.3 is 5.97 Å². The van der Waals surface area contributed by atoms with E-state index in [1.165, 1.54) is 11.3 Å². The zero-order valence-electron chi connectivity index (χ0n) is 37.5. The van der Waals surface area contributed by atoms with E-state index in [2.05, 4.69) is 64.4 Å². The second kappa shape index (κ2) is 26.9. The lowest BCUT2D eigenvalue weighted by Crippen LogP contribution is -2.52. The van der Waals surface area contributed by atoms with E-state index in [4.69, 9.17) is 24.1 Å². The maximum Gasteiger partial charge on any atom is 0.303 e. The van der Waals surface area contributed by atoms with Crippen LogP contribution in [-0.2, 0) is 19.0 Å². The zero-order chi connectivity index (χ0) is 43.8. The predicted molar refractivity (Wildman–Crippen MR) is 246 cm³/mol. The van der Waals surface area contributed by atoms with Crippen molar-refractivity contribution in [3.63, 3.8) is 0 Å². The molecule has 3 aromatic rings. The van der Waals surface area contributed by atoms with Crippen LogP contribution in [0.1, 0.15) is 131 Å². The van der Waals surface area contributed by atoms with Crippen LogP contribution in [0.3, 0.4) is 0 Å². The van der Waals surface area contributed by atoms with Gasteiger partial charge in [-0.05, 0) is 137 Å². The molecule has 0 aliphatic carbocycles. The summed E-state index contributed by atoms with van der Waals surface area (Å²) in [5, 5.41) is 23.4. The number of amides is 1. The number of carbonyl (C=O) groups excluding carboxylic acids is 1. The van der Waals surface area contributed by atoms with E-state index in [1.807, 2.05) is 61.8 Å². The number of aromatic nitrogens is 1. The number of rotatable bonds is 28. The summed E-state index contributed by atoms with van der Waals surface area (Å²) in [4.78, 5) is 28.4. The van der Waals surface area contributed by atoms with E-state index >= 15 is 0 Å². The molecule has 1 aromatic heterocycles. The van der Waals surface area contributed by atoms with Crippen LogP contribution < -0.4 is 26.0 Å². The van der Waals surface area contributed by atoms with Crippen LogP contribution in [0.5, 0.6) is 5.75 Å². The Hall–Kier alpha value is -4.49.